The second-order valence-corrected chi connectivity index (χ2v) is 5.04. The molecule has 1 aromatic heterocycles. The number of furan rings is 1. The molecule has 1 atom stereocenters. The van der Waals surface area contributed by atoms with Crippen LogP contribution in [0.25, 0.3) is 11.0 Å². The number of hydrogen-bond donors (Lipinski definition) is 1. The maximum atomic E-state index is 14.1. The Hall–Kier alpha value is -2.04. The van der Waals surface area contributed by atoms with E-state index in [2.05, 4.69) is 0 Å². The summed E-state index contributed by atoms with van der Waals surface area (Å²) < 4.78 is 24.9. The average Bonchev–Trinajstić information content (AvgIpc) is 2.92. The summed E-state index contributed by atoms with van der Waals surface area (Å²) in [6.07, 6.45) is 0. The van der Waals surface area contributed by atoms with Crippen molar-refractivity contribution in [3.05, 3.63) is 64.6 Å². The predicted octanol–water partition coefficient (Wildman–Crippen LogP) is 4.28. The number of ether oxygens (including phenoxy) is 1. The summed E-state index contributed by atoms with van der Waals surface area (Å²) in [5.41, 5.74) is 7.02. The van der Waals surface area contributed by atoms with Crippen LogP contribution in [0.2, 0.25) is 5.02 Å². The fourth-order valence-corrected chi connectivity index (χ4v) is 2.56. The lowest BCUT2D eigenvalue weighted by atomic mass is 10.0. The third-order valence-electron chi connectivity index (χ3n) is 3.38. The SMILES string of the molecule is COc1cccc(F)c1C(N)c1cc2c(Cl)cccc2o1. The Bertz CT molecular complexity index is 800. The van der Waals surface area contributed by atoms with Crippen LogP contribution in [0.15, 0.2) is 46.9 Å². The molecule has 108 valence electrons. The number of benzene rings is 2. The van der Waals surface area contributed by atoms with E-state index in [9.17, 15) is 4.39 Å². The van der Waals surface area contributed by atoms with Crippen molar-refractivity contribution in [2.45, 2.75) is 6.04 Å². The molecule has 0 bridgehead atoms. The number of nitrogens with two attached hydrogens (primary N) is 1. The van der Waals surface area contributed by atoms with Crippen LogP contribution in [0.4, 0.5) is 4.39 Å². The highest BCUT2D eigenvalue weighted by atomic mass is 35.5. The van der Waals surface area contributed by atoms with Crippen LogP contribution in [-0.4, -0.2) is 7.11 Å². The van der Waals surface area contributed by atoms with Gasteiger partial charge in [0.25, 0.3) is 0 Å². The van der Waals surface area contributed by atoms with Gasteiger partial charge in [-0.25, -0.2) is 4.39 Å². The first-order valence-corrected chi connectivity index (χ1v) is 6.75. The van der Waals surface area contributed by atoms with Gasteiger partial charge in [-0.2, -0.15) is 0 Å². The summed E-state index contributed by atoms with van der Waals surface area (Å²) in [5.74, 6) is 0.379. The molecular formula is C16H13ClFNO2. The van der Waals surface area contributed by atoms with Crippen molar-refractivity contribution < 1.29 is 13.5 Å². The lowest BCUT2D eigenvalue weighted by molar-refractivity contribution is 0.397. The van der Waals surface area contributed by atoms with Crippen LogP contribution in [0.1, 0.15) is 17.4 Å². The molecular weight excluding hydrogens is 293 g/mol. The quantitative estimate of drug-likeness (QED) is 0.785. The Balaban J connectivity index is 2.13. The van der Waals surface area contributed by atoms with Gasteiger partial charge in [0, 0.05) is 5.39 Å². The Kier molecular flexibility index (Phi) is 3.57. The van der Waals surface area contributed by atoms with Gasteiger partial charge in [0.05, 0.1) is 23.7 Å². The van der Waals surface area contributed by atoms with Gasteiger partial charge < -0.3 is 14.9 Å². The van der Waals surface area contributed by atoms with Gasteiger partial charge in [-0.05, 0) is 30.3 Å². The Morgan fingerprint density at radius 3 is 2.71 bits per heavy atom. The summed E-state index contributed by atoms with van der Waals surface area (Å²) in [4.78, 5) is 0. The van der Waals surface area contributed by atoms with Crippen molar-refractivity contribution in [3.8, 4) is 5.75 Å². The van der Waals surface area contributed by atoms with Crippen molar-refractivity contribution in [2.24, 2.45) is 5.73 Å². The minimum atomic E-state index is -0.774. The van der Waals surface area contributed by atoms with E-state index in [4.69, 9.17) is 26.5 Å². The first-order valence-electron chi connectivity index (χ1n) is 6.37. The smallest absolute Gasteiger partial charge is 0.135 e. The highest BCUT2D eigenvalue weighted by molar-refractivity contribution is 6.35. The monoisotopic (exact) mass is 305 g/mol. The second-order valence-electron chi connectivity index (χ2n) is 4.63. The molecule has 0 radical (unpaired) electrons. The van der Waals surface area contributed by atoms with Gasteiger partial charge in [-0.3, -0.25) is 0 Å². The Morgan fingerprint density at radius 1 is 1.24 bits per heavy atom. The largest absolute Gasteiger partial charge is 0.496 e. The first kappa shape index (κ1) is 13.9. The van der Waals surface area contributed by atoms with Gasteiger partial charge in [0.15, 0.2) is 0 Å². The van der Waals surface area contributed by atoms with E-state index in [0.29, 0.717) is 22.1 Å². The second kappa shape index (κ2) is 5.39. The highest BCUT2D eigenvalue weighted by Gasteiger charge is 2.22. The number of rotatable bonds is 3. The third kappa shape index (κ3) is 2.37. The van der Waals surface area contributed by atoms with Gasteiger partial charge in [0.1, 0.15) is 22.9 Å². The molecule has 21 heavy (non-hydrogen) atoms. The van der Waals surface area contributed by atoms with Crippen LogP contribution >= 0.6 is 11.6 Å². The fourth-order valence-electron chi connectivity index (χ4n) is 2.34. The standard InChI is InChI=1S/C16H13ClFNO2/c1-20-13-7-3-5-11(18)15(13)16(19)14-8-9-10(17)4-2-6-12(9)21-14/h2-8,16H,19H2,1H3. The van der Waals surface area contributed by atoms with Crippen LogP contribution in [0.3, 0.4) is 0 Å². The minimum absolute atomic E-state index is 0.259. The van der Waals surface area contributed by atoms with E-state index in [0.717, 1.165) is 5.39 Å². The van der Waals surface area contributed by atoms with Gasteiger partial charge >= 0.3 is 0 Å². The summed E-state index contributed by atoms with van der Waals surface area (Å²) in [6.45, 7) is 0. The molecule has 2 N–H and O–H groups in total. The van der Waals surface area contributed by atoms with E-state index < -0.39 is 11.9 Å². The van der Waals surface area contributed by atoms with E-state index in [-0.39, 0.29) is 5.56 Å². The number of methoxy groups -OCH3 is 1. The van der Waals surface area contributed by atoms with Crippen LogP contribution < -0.4 is 10.5 Å². The van der Waals surface area contributed by atoms with Crippen molar-refractivity contribution in [1.29, 1.82) is 0 Å². The maximum Gasteiger partial charge on any atom is 0.135 e. The molecule has 3 aromatic rings. The summed E-state index contributed by atoms with van der Waals surface area (Å²) in [5, 5.41) is 1.31. The molecule has 2 aromatic carbocycles. The van der Waals surface area contributed by atoms with Crippen LogP contribution in [0, 0.1) is 5.82 Å². The molecule has 0 fully saturated rings. The number of halogens is 2. The molecule has 0 spiro atoms. The lowest BCUT2D eigenvalue weighted by Gasteiger charge is -2.14. The molecule has 1 heterocycles. The first-order chi connectivity index (χ1) is 10.1. The molecule has 0 aliphatic carbocycles. The summed E-state index contributed by atoms with van der Waals surface area (Å²) in [6, 6.07) is 10.9. The van der Waals surface area contributed by atoms with E-state index in [1.807, 2.05) is 0 Å². The maximum absolute atomic E-state index is 14.1. The number of fused-ring (bicyclic) bond motifs is 1. The zero-order valence-electron chi connectivity index (χ0n) is 11.3. The molecule has 0 aliphatic heterocycles. The average molecular weight is 306 g/mol. The highest BCUT2D eigenvalue weighted by Crippen LogP contribution is 2.35. The Morgan fingerprint density at radius 2 is 2.00 bits per heavy atom. The van der Waals surface area contributed by atoms with E-state index in [1.54, 1.807) is 36.4 Å². The van der Waals surface area contributed by atoms with Crippen LogP contribution in [-0.2, 0) is 0 Å². The zero-order valence-corrected chi connectivity index (χ0v) is 12.0. The minimum Gasteiger partial charge on any atom is -0.496 e. The molecule has 0 saturated heterocycles. The third-order valence-corrected chi connectivity index (χ3v) is 3.71. The predicted molar refractivity (Wildman–Crippen MR) is 80.2 cm³/mol. The topological polar surface area (TPSA) is 48.4 Å². The van der Waals surface area contributed by atoms with Gasteiger partial charge in [0.2, 0.25) is 0 Å². The summed E-state index contributed by atoms with van der Waals surface area (Å²) in [7, 11) is 1.47. The summed E-state index contributed by atoms with van der Waals surface area (Å²) >= 11 is 6.11. The van der Waals surface area contributed by atoms with Crippen molar-refractivity contribution in [1.82, 2.24) is 0 Å². The molecule has 1 unspecified atom stereocenters. The fraction of sp³-hybridized carbons (Fsp3) is 0.125. The van der Waals surface area contributed by atoms with Crippen molar-refractivity contribution in [3.63, 3.8) is 0 Å². The van der Waals surface area contributed by atoms with Gasteiger partial charge in [-0.1, -0.05) is 23.7 Å². The van der Waals surface area contributed by atoms with E-state index in [1.165, 1.54) is 13.2 Å². The molecule has 3 rings (SSSR count). The lowest BCUT2D eigenvalue weighted by Crippen LogP contribution is -2.14. The van der Waals surface area contributed by atoms with Crippen LogP contribution in [0.5, 0.6) is 5.75 Å². The Labute approximate surface area is 126 Å². The molecule has 0 amide bonds. The van der Waals surface area contributed by atoms with Crippen molar-refractivity contribution >= 4 is 22.6 Å². The number of hydrogen-bond acceptors (Lipinski definition) is 3. The van der Waals surface area contributed by atoms with E-state index >= 15 is 0 Å². The zero-order chi connectivity index (χ0) is 15.0. The van der Waals surface area contributed by atoms with Gasteiger partial charge in [-0.15, -0.1) is 0 Å². The molecule has 0 aliphatic rings. The molecule has 0 saturated carbocycles. The molecule has 5 heteroatoms. The normalized spacial score (nSPS) is 12.6. The van der Waals surface area contributed by atoms with Crippen molar-refractivity contribution in [2.75, 3.05) is 7.11 Å². The molecule has 3 nitrogen and oxygen atoms in total.